The van der Waals surface area contributed by atoms with E-state index in [-0.39, 0.29) is 0 Å². The van der Waals surface area contributed by atoms with Crippen molar-refractivity contribution in [3.8, 4) is 5.69 Å². The molecular weight excluding hydrogens is 212 g/mol. The second-order valence-corrected chi connectivity index (χ2v) is 4.24. The van der Waals surface area contributed by atoms with E-state index in [4.69, 9.17) is 5.73 Å². The summed E-state index contributed by atoms with van der Waals surface area (Å²) in [6.45, 7) is 6.70. The molecular formula is C13H18N4. The molecule has 4 nitrogen and oxygen atoms in total. The van der Waals surface area contributed by atoms with E-state index in [1.54, 1.807) is 0 Å². The fourth-order valence-corrected chi connectivity index (χ4v) is 1.91. The van der Waals surface area contributed by atoms with Gasteiger partial charge >= 0.3 is 0 Å². The number of rotatable bonds is 3. The zero-order chi connectivity index (χ0) is 12.4. The highest BCUT2D eigenvalue weighted by Gasteiger charge is 2.11. The van der Waals surface area contributed by atoms with Crippen LogP contribution < -0.4 is 5.73 Å². The van der Waals surface area contributed by atoms with Gasteiger partial charge < -0.3 is 5.73 Å². The number of hydrogen-bond donors (Lipinski definition) is 1. The van der Waals surface area contributed by atoms with Crippen molar-refractivity contribution in [1.29, 1.82) is 0 Å². The number of hydrogen-bond acceptors (Lipinski definition) is 3. The molecule has 0 aliphatic heterocycles. The topological polar surface area (TPSA) is 56.7 Å². The van der Waals surface area contributed by atoms with Crippen molar-refractivity contribution in [1.82, 2.24) is 14.8 Å². The van der Waals surface area contributed by atoms with Crippen molar-refractivity contribution < 1.29 is 0 Å². The molecule has 17 heavy (non-hydrogen) atoms. The highest BCUT2D eigenvalue weighted by Crippen LogP contribution is 2.18. The Morgan fingerprint density at radius 2 is 2.00 bits per heavy atom. The van der Waals surface area contributed by atoms with E-state index in [1.807, 2.05) is 17.7 Å². The lowest BCUT2D eigenvalue weighted by Gasteiger charge is -2.10. The zero-order valence-corrected chi connectivity index (χ0v) is 10.6. The van der Waals surface area contributed by atoms with Crippen LogP contribution >= 0.6 is 0 Å². The monoisotopic (exact) mass is 230 g/mol. The zero-order valence-electron chi connectivity index (χ0n) is 10.6. The number of aryl methyl sites for hydroxylation is 2. The van der Waals surface area contributed by atoms with Gasteiger partial charge in [-0.25, -0.2) is 9.67 Å². The summed E-state index contributed by atoms with van der Waals surface area (Å²) in [4.78, 5) is 4.42. The van der Waals surface area contributed by atoms with E-state index in [1.165, 1.54) is 11.1 Å². The maximum Gasteiger partial charge on any atom is 0.148 e. The van der Waals surface area contributed by atoms with Gasteiger partial charge in [-0.3, -0.25) is 0 Å². The Labute approximate surface area is 101 Å². The van der Waals surface area contributed by atoms with Crippen LogP contribution in [0.25, 0.3) is 5.69 Å². The van der Waals surface area contributed by atoms with Crippen LogP contribution in [0, 0.1) is 20.8 Å². The van der Waals surface area contributed by atoms with Crippen molar-refractivity contribution in [3.63, 3.8) is 0 Å². The SMILES string of the molecule is Cc1nc(CCN)n(-c2cccc(C)c2C)n1. The van der Waals surface area contributed by atoms with E-state index in [0.29, 0.717) is 6.54 Å². The van der Waals surface area contributed by atoms with Gasteiger partial charge in [0.25, 0.3) is 0 Å². The number of benzene rings is 1. The largest absolute Gasteiger partial charge is 0.330 e. The molecule has 1 aromatic carbocycles. The van der Waals surface area contributed by atoms with E-state index < -0.39 is 0 Å². The van der Waals surface area contributed by atoms with Crippen LogP contribution in [0.5, 0.6) is 0 Å². The maximum atomic E-state index is 5.60. The van der Waals surface area contributed by atoms with Crippen LogP contribution in [0.1, 0.15) is 22.8 Å². The third-order valence-electron chi connectivity index (χ3n) is 2.95. The lowest BCUT2D eigenvalue weighted by atomic mass is 10.1. The molecule has 0 radical (unpaired) electrons. The molecule has 0 atom stereocenters. The van der Waals surface area contributed by atoms with Gasteiger partial charge in [0.2, 0.25) is 0 Å². The summed E-state index contributed by atoms with van der Waals surface area (Å²) in [7, 11) is 0. The van der Waals surface area contributed by atoms with Crippen molar-refractivity contribution in [2.24, 2.45) is 5.73 Å². The summed E-state index contributed by atoms with van der Waals surface area (Å²) in [5.74, 6) is 1.72. The molecule has 2 aromatic rings. The molecule has 0 spiro atoms. The first-order chi connectivity index (χ1) is 8.13. The molecule has 0 bridgehead atoms. The molecule has 0 aliphatic rings. The first-order valence-electron chi connectivity index (χ1n) is 5.82. The van der Waals surface area contributed by atoms with E-state index in [2.05, 4.69) is 36.1 Å². The Balaban J connectivity index is 2.55. The standard InChI is InChI=1S/C13H18N4/c1-9-5-4-6-12(10(9)2)17-13(7-8-14)15-11(3)16-17/h4-6H,7-8,14H2,1-3H3. The van der Waals surface area contributed by atoms with Gasteiger partial charge in [-0.2, -0.15) is 5.10 Å². The lowest BCUT2D eigenvalue weighted by molar-refractivity contribution is 0.769. The van der Waals surface area contributed by atoms with Crippen molar-refractivity contribution >= 4 is 0 Å². The fraction of sp³-hybridized carbons (Fsp3) is 0.385. The Morgan fingerprint density at radius 1 is 1.24 bits per heavy atom. The predicted octanol–water partition coefficient (Wildman–Crippen LogP) is 1.69. The van der Waals surface area contributed by atoms with Crippen molar-refractivity contribution in [2.45, 2.75) is 27.2 Å². The molecule has 0 saturated carbocycles. The van der Waals surface area contributed by atoms with Crippen LogP contribution in [0.3, 0.4) is 0 Å². The molecule has 1 heterocycles. The summed E-state index contributed by atoms with van der Waals surface area (Å²) >= 11 is 0. The summed E-state index contributed by atoms with van der Waals surface area (Å²) in [5.41, 5.74) is 9.19. The van der Waals surface area contributed by atoms with Gasteiger partial charge in [-0.15, -0.1) is 0 Å². The average molecular weight is 230 g/mol. The quantitative estimate of drug-likeness (QED) is 0.873. The van der Waals surface area contributed by atoms with Crippen LogP contribution in [0.2, 0.25) is 0 Å². The summed E-state index contributed by atoms with van der Waals surface area (Å²) in [6.07, 6.45) is 0.744. The van der Waals surface area contributed by atoms with Gasteiger partial charge in [0.1, 0.15) is 11.6 Å². The summed E-state index contributed by atoms with van der Waals surface area (Å²) < 4.78 is 1.91. The molecule has 0 saturated heterocycles. The third-order valence-corrected chi connectivity index (χ3v) is 2.95. The van der Waals surface area contributed by atoms with Crippen molar-refractivity contribution in [2.75, 3.05) is 6.54 Å². The first kappa shape index (κ1) is 11.8. The minimum Gasteiger partial charge on any atom is -0.330 e. The van der Waals surface area contributed by atoms with Gasteiger partial charge in [0.05, 0.1) is 5.69 Å². The second kappa shape index (κ2) is 4.67. The number of nitrogens with two attached hydrogens (primary N) is 1. The normalized spacial score (nSPS) is 10.8. The van der Waals surface area contributed by atoms with E-state index in [9.17, 15) is 0 Å². The molecule has 0 unspecified atom stereocenters. The Hall–Kier alpha value is -1.68. The highest BCUT2D eigenvalue weighted by atomic mass is 15.3. The van der Waals surface area contributed by atoms with Crippen LogP contribution in [0.15, 0.2) is 18.2 Å². The van der Waals surface area contributed by atoms with Gasteiger partial charge in [0.15, 0.2) is 0 Å². The maximum absolute atomic E-state index is 5.60. The second-order valence-electron chi connectivity index (χ2n) is 4.24. The molecule has 1 aromatic heterocycles. The molecule has 0 amide bonds. The predicted molar refractivity (Wildman–Crippen MR) is 68.3 cm³/mol. The molecule has 0 fully saturated rings. The third kappa shape index (κ3) is 2.22. The minimum atomic E-state index is 0.586. The smallest absolute Gasteiger partial charge is 0.148 e. The Morgan fingerprint density at radius 3 is 2.71 bits per heavy atom. The first-order valence-corrected chi connectivity index (χ1v) is 5.82. The summed E-state index contributed by atoms with van der Waals surface area (Å²) in [5, 5.41) is 4.45. The van der Waals surface area contributed by atoms with E-state index in [0.717, 1.165) is 23.8 Å². The minimum absolute atomic E-state index is 0.586. The van der Waals surface area contributed by atoms with Gasteiger partial charge in [-0.05, 0) is 44.5 Å². The fourth-order valence-electron chi connectivity index (χ4n) is 1.91. The van der Waals surface area contributed by atoms with E-state index >= 15 is 0 Å². The average Bonchev–Trinajstić information content (AvgIpc) is 2.64. The van der Waals surface area contributed by atoms with Crippen molar-refractivity contribution in [3.05, 3.63) is 41.0 Å². The molecule has 0 aliphatic carbocycles. The molecule has 2 N–H and O–H groups in total. The number of aromatic nitrogens is 3. The lowest BCUT2D eigenvalue weighted by Crippen LogP contribution is -2.11. The van der Waals surface area contributed by atoms with Crippen LogP contribution in [0.4, 0.5) is 0 Å². The van der Waals surface area contributed by atoms with Gasteiger partial charge in [-0.1, -0.05) is 12.1 Å². The highest BCUT2D eigenvalue weighted by molar-refractivity contribution is 5.44. The summed E-state index contributed by atoms with van der Waals surface area (Å²) in [6, 6.07) is 6.21. The Bertz CT molecular complexity index is 528. The number of nitrogens with zero attached hydrogens (tertiary/aromatic N) is 3. The van der Waals surface area contributed by atoms with Crippen LogP contribution in [-0.4, -0.2) is 21.3 Å². The Kier molecular flexibility index (Phi) is 3.24. The van der Waals surface area contributed by atoms with Gasteiger partial charge in [0, 0.05) is 6.42 Å². The molecule has 2 rings (SSSR count). The molecule has 90 valence electrons. The van der Waals surface area contributed by atoms with Crippen LogP contribution in [-0.2, 0) is 6.42 Å². The molecule has 4 heteroatoms.